The lowest BCUT2D eigenvalue weighted by molar-refractivity contribution is -0.0640. The summed E-state index contributed by atoms with van der Waals surface area (Å²) in [5, 5.41) is 11.8. The van der Waals surface area contributed by atoms with Gasteiger partial charge in [0.15, 0.2) is 11.4 Å². The molecule has 0 bridgehead atoms. The van der Waals surface area contributed by atoms with Gasteiger partial charge in [-0.2, -0.15) is 5.26 Å². The Balaban J connectivity index is 1.52. The SMILES string of the molecule is CSC(=NCC[C@@]1(c2ccc(F)cc2)CCN([C@@H](C)c2ccc(-c3ccc(F)cc3F)cc2)C(=O)O1)NC#N. The molecule has 39 heavy (non-hydrogen) atoms. The summed E-state index contributed by atoms with van der Waals surface area (Å²) in [6, 6.07) is 16.1. The molecule has 1 amide bonds. The minimum atomic E-state index is -1.01. The number of nitrogens with zero attached hydrogens (tertiary/aromatic N) is 3. The summed E-state index contributed by atoms with van der Waals surface area (Å²) in [5.41, 5.74) is 1.36. The smallest absolute Gasteiger partial charge is 0.411 e. The van der Waals surface area contributed by atoms with Gasteiger partial charge in [-0.1, -0.05) is 48.2 Å². The monoisotopic (exact) mass is 552 g/mol. The van der Waals surface area contributed by atoms with Crippen molar-refractivity contribution in [1.29, 1.82) is 5.26 Å². The van der Waals surface area contributed by atoms with Crippen LogP contribution in [0.1, 0.15) is 36.9 Å². The lowest BCUT2D eigenvalue weighted by Gasteiger charge is -2.43. The molecule has 202 valence electrons. The van der Waals surface area contributed by atoms with Gasteiger partial charge in [-0.15, -0.1) is 0 Å². The van der Waals surface area contributed by atoms with Crippen LogP contribution < -0.4 is 5.32 Å². The van der Waals surface area contributed by atoms with Crippen LogP contribution in [-0.2, 0) is 10.3 Å². The highest BCUT2D eigenvalue weighted by molar-refractivity contribution is 8.13. The average molecular weight is 553 g/mol. The number of amidine groups is 1. The van der Waals surface area contributed by atoms with Crippen molar-refractivity contribution < 1.29 is 22.7 Å². The van der Waals surface area contributed by atoms with E-state index < -0.39 is 29.1 Å². The number of ether oxygens (including phenoxy) is 1. The zero-order valence-corrected chi connectivity index (χ0v) is 22.3. The summed E-state index contributed by atoms with van der Waals surface area (Å²) in [6.07, 6.45) is 3.92. The van der Waals surface area contributed by atoms with Crippen molar-refractivity contribution in [1.82, 2.24) is 10.2 Å². The standard InChI is InChI=1S/C29H27F3N4O2S/c1-19(20-3-5-21(6-4-20)25-12-11-24(31)17-26(25)32)36-16-14-29(38-28(36)37,22-7-9-23(30)10-8-22)13-15-34-27(39-2)35-18-33/h3-12,17,19H,13-16H2,1-2H3,(H,34,35)/t19-,29-/m0/s1. The number of carbonyl (C=O) groups is 1. The minimum Gasteiger partial charge on any atom is -0.438 e. The molecular weight excluding hydrogens is 525 g/mol. The largest absolute Gasteiger partial charge is 0.438 e. The quantitative estimate of drug-likeness (QED) is 0.152. The number of carbonyl (C=O) groups excluding carboxylic acids is 1. The first kappa shape index (κ1) is 28.0. The molecular formula is C29H27F3N4O2S. The summed E-state index contributed by atoms with van der Waals surface area (Å²) in [4.78, 5) is 19.4. The molecule has 2 atom stereocenters. The Labute approximate surface area is 229 Å². The molecule has 1 aliphatic heterocycles. The van der Waals surface area contributed by atoms with Crippen molar-refractivity contribution in [2.24, 2.45) is 4.99 Å². The van der Waals surface area contributed by atoms with E-state index in [1.165, 1.54) is 36.0 Å². The van der Waals surface area contributed by atoms with Crippen molar-refractivity contribution in [2.45, 2.75) is 31.4 Å². The number of hydrogen-bond donors (Lipinski definition) is 1. The molecule has 0 saturated carbocycles. The van der Waals surface area contributed by atoms with Gasteiger partial charge in [-0.3, -0.25) is 10.3 Å². The Hall–Kier alpha value is -3.97. The second kappa shape index (κ2) is 12.3. The highest BCUT2D eigenvalue weighted by Crippen LogP contribution is 2.40. The maximum atomic E-state index is 14.2. The van der Waals surface area contributed by atoms with E-state index >= 15 is 0 Å². The Morgan fingerprint density at radius 3 is 2.44 bits per heavy atom. The summed E-state index contributed by atoms with van der Waals surface area (Å²) < 4.78 is 47.2. The number of thioether (sulfide) groups is 1. The van der Waals surface area contributed by atoms with Gasteiger partial charge in [0, 0.05) is 37.6 Å². The molecule has 0 unspecified atom stereocenters. The number of benzene rings is 3. The first-order valence-electron chi connectivity index (χ1n) is 12.3. The van der Waals surface area contributed by atoms with E-state index in [4.69, 9.17) is 10.00 Å². The van der Waals surface area contributed by atoms with Crippen LogP contribution >= 0.6 is 11.8 Å². The Bertz CT molecular complexity index is 1390. The van der Waals surface area contributed by atoms with Gasteiger partial charge in [-0.05, 0) is 54.1 Å². The van der Waals surface area contributed by atoms with Crippen molar-refractivity contribution >= 4 is 23.0 Å². The first-order valence-corrected chi connectivity index (χ1v) is 13.5. The first-order chi connectivity index (χ1) is 18.8. The highest BCUT2D eigenvalue weighted by atomic mass is 32.2. The highest BCUT2D eigenvalue weighted by Gasteiger charge is 2.43. The summed E-state index contributed by atoms with van der Waals surface area (Å²) in [6.45, 7) is 2.54. The number of nitriles is 1. The lowest BCUT2D eigenvalue weighted by Crippen LogP contribution is -2.49. The van der Waals surface area contributed by atoms with Crippen LogP contribution in [0.3, 0.4) is 0 Å². The van der Waals surface area contributed by atoms with Crippen molar-refractivity contribution in [3.8, 4) is 17.3 Å². The van der Waals surface area contributed by atoms with Crippen LogP contribution in [0, 0.1) is 28.9 Å². The van der Waals surface area contributed by atoms with Crippen molar-refractivity contribution in [3.05, 3.63) is 95.3 Å². The number of cyclic esters (lactones) is 1. The number of halogens is 3. The fourth-order valence-corrected chi connectivity index (χ4v) is 5.05. The Morgan fingerprint density at radius 2 is 1.82 bits per heavy atom. The predicted octanol–water partition coefficient (Wildman–Crippen LogP) is 6.75. The zero-order chi connectivity index (χ0) is 28.0. The van der Waals surface area contributed by atoms with Crippen molar-refractivity contribution in [3.63, 3.8) is 0 Å². The second-order valence-electron chi connectivity index (χ2n) is 9.11. The molecule has 1 N–H and O–H groups in total. The van der Waals surface area contributed by atoms with Gasteiger partial charge >= 0.3 is 6.09 Å². The van der Waals surface area contributed by atoms with Gasteiger partial charge in [0.25, 0.3) is 0 Å². The fraction of sp³-hybridized carbons (Fsp3) is 0.276. The molecule has 1 fully saturated rings. The van der Waals surface area contributed by atoms with Gasteiger partial charge in [0.1, 0.15) is 23.1 Å². The van der Waals surface area contributed by atoms with Gasteiger partial charge in [-0.25, -0.2) is 18.0 Å². The van der Waals surface area contributed by atoms with Crippen LogP contribution in [-0.4, -0.2) is 35.5 Å². The number of rotatable bonds is 7. The van der Waals surface area contributed by atoms with Gasteiger partial charge in [0.05, 0.1) is 6.04 Å². The van der Waals surface area contributed by atoms with Crippen LogP contribution in [0.4, 0.5) is 18.0 Å². The topological polar surface area (TPSA) is 77.7 Å². The van der Waals surface area contributed by atoms with E-state index in [0.29, 0.717) is 35.7 Å². The van der Waals surface area contributed by atoms with Gasteiger partial charge in [0.2, 0.25) is 0 Å². The van der Waals surface area contributed by atoms with Crippen LogP contribution in [0.15, 0.2) is 71.7 Å². The molecule has 0 radical (unpaired) electrons. The van der Waals surface area contributed by atoms with Crippen LogP contribution in [0.2, 0.25) is 0 Å². The number of aliphatic imine (C=N–C) groups is 1. The minimum absolute atomic E-state index is 0.284. The third-order valence-electron chi connectivity index (χ3n) is 6.87. The number of nitrogens with one attached hydrogen (secondary N) is 1. The molecule has 0 spiro atoms. The van der Waals surface area contributed by atoms with E-state index in [-0.39, 0.29) is 18.2 Å². The molecule has 3 aromatic carbocycles. The third-order valence-corrected chi connectivity index (χ3v) is 7.49. The fourth-order valence-electron chi connectivity index (χ4n) is 4.68. The zero-order valence-electron chi connectivity index (χ0n) is 21.5. The third kappa shape index (κ3) is 6.37. The predicted molar refractivity (Wildman–Crippen MR) is 145 cm³/mol. The molecule has 6 nitrogen and oxygen atoms in total. The second-order valence-corrected chi connectivity index (χ2v) is 9.91. The summed E-state index contributed by atoms with van der Waals surface area (Å²) in [7, 11) is 0. The molecule has 10 heteroatoms. The lowest BCUT2D eigenvalue weighted by atomic mass is 9.85. The molecule has 1 aliphatic rings. The maximum absolute atomic E-state index is 14.2. The van der Waals surface area contributed by atoms with Gasteiger partial charge < -0.3 is 9.64 Å². The van der Waals surface area contributed by atoms with E-state index in [2.05, 4.69) is 10.3 Å². The van der Waals surface area contributed by atoms with Crippen molar-refractivity contribution in [2.75, 3.05) is 19.3 Å². The summed E-state index contributed by atoms with van der Waals surface area (Å²) >= 11 is 1.29. The average Bonchev–Trinajstić information content (AvgIpc) is 2.93. The van der Waals surface area contributed by atoms with E-state index in [1.54, 1.807) is 47.6 Å². The molecule has 0 aliphatic carbocycles. The molecule has 0 aromatic heterocycles. The van der Waals surface area contributed by atoms with Crippen LogP contribution in [0.25, 0.3) is 11.1 Å². The molecule has 1 heterocycles. The van der Waals surface area contributed by atoms with Crippen LogP contribution in [0.5, 0.6) is 0 Å². The molecule has 1 saturated heterocycles. The number of amides is 1. The van der Waals surface area contributed by atoms with E-state index in [1.807, 2.05) is 13.1 Å². The Morgan fingerprint density at radius 1 is 1.13 bits per heavy atom. The normalized spacial score (nSPS) is 18.3. The number of hydrogen-bond acceptors (Lipinski definition) is 5. The Kier molecular flexibility index (Phi) is 8.82. The molecule has 3 aromatic rings. The van der Waals surface area contributed by atoms with E-state index in [9.17, 15) is 18.0 Å². The van der Waals surface area contributed by atoms with E-state index in [0.717, 1.165) is 11.6 Å². The maximum Gasteiger partial charge on any atom is 0.411 e. The molecule has 4 rings (SSSR count). The summed E-state index contributed by atoms with van der Waals surface area (Å²) in [5.74, 6) is -1.68.